The molecule has 1 unspecified atom stereocenters. The zero-order chi connectivity index (χ0) is 20.4. The van der Waals surface area contributed by atoms with Crippen LogP contribution in [0.2, 0.25) is 0 Å². The van der Waals surface area contributed by atoms with Crippen molar-refractivity contribution >= 4 is 22.7 Å². The quantitative estimate of drug-likeness (QED) is 0.610. The fourth-order valence-electron chi connectivity index (χ4n) is 3.90. The molecule has 2 heterocycles. The lowest BCUT2D eigenvalue weighted by Crippen LogP contribution is -2.38. The number of halogens is 2. The number of nitrogens with zero attached hydrogens (tertiary/aromatic N) is 2. The van der Waals surface area contributed by atoms with Gasteiger partial charge < -0.3 is 21.5 Å². The van der Waals surface area contributed by atoms with Crippen molar-refractivity contribution < 1.29 is 13.5 Å². The zero-order valence-corrected chi connectivity index (χ0v) is 15.9. The lowest BCUT2D eigenvalue weighted by molar-refractivity contribution is 0.112. The smallest absolute Gasteiger partial charge is 0.222 e. The molecule has 2 aromatic carbocycles. The van der Waals surface area contributed by atoms with E-state index in [0.717, 1.165) is 32.0 Å². The van der Waals surface area contributed by atoms with Gasteiger partial charge in [0, 0.05) is 6.42 Å². The molecular formula is C21H23F2N5O. The largest absolute Gasteiger partial charge is 0.489 e. The Morgan fingerprint density at radius 1 is 1.07 bits per heavy atom. The molecule has 6 nitrogen and oxygen atoms in total. The van der Waals surface area contributed by atoms with Gasteiger partial charge in [-0.1, -0.05) is 18.2 Å². The second-order valence-electron chi connectivity index (χ2n) is 7.28. The molecule has 1 atom stereocenters. The van der Waals surface area contributed by atoms with E-state index in [-0.39, 0.29) is 30.2 Å². The fourth-order valence-corrected chi connectivity index (χ4v) is 3.90. The van der Waals surface area contributed by atoms with Crippen molar-refractivity contribution in [1.82, 2.24) is 15.3 Å². The van der Waals surface area contributed by atoms with Crippen molar-refractivity contribution in [3.05, 3.63) is 53.6 Å². The van der Waals surface area contributed by atoms with E-state index in [1.54, 1.807) is 24.3 Å². The molecule has 8 heteroatoms. The molecule has 152 valence electrons. The van der Waals surface area contributed by atoms with Gasteiger partial charge in [0.1, 0.15) is 17.7 Å². The van der Waals surface area contributed by atoms with Crippen molar-refractivity contribution in [2.24, 2.45) is 5.92 Å². The van der Waals surface area contributed by atoms with E-state index in [4.69, 9.17) is 16.2 Å². The van der Waals surface area contributed by atoms with Crippen molar-refractivity contribution in [1.29, 1.82) is 0 Å². The number of anilines is 2. The Morgan fingerprint density at radius 2 is 1.83 bits per heavy atom. The highest BCUT2D eigenvalue weighted by molar-refractivity contribution is 5.94. The van der Waals surface area contributed by atoms with Gasteiger partial charge >= 0.3 is 0 Å². The SMILES string of the molecule is Nc1nc(N)c2c(OC(Cc3cccc(F)c3F)C3CCNCC3)cccc2n1. The number of rotatable bonds is 5. The summed E-state index contributed by atoms with van der Waals surface area (Å²) >= 11 is 0. The van der Waals surface area contributed by atoms with Gasteiger partial charge in [-0.15, -0.1) is 0 Å². The summed E-state index contributed by atoms with van der Waals surface area (Å²) in [6.07, 6.45) is 1.66. The van der Waals surface area contributed by atoms with Crippen LogP contribution in [0.15, 0.2) is 36.4 Å². The Bertz CT molecular complexity index is 1020. The molecule has 1 aromatic heterocycles. The number of ether oxygens (including phenoxy) is 1. The van der Waals surface area contributed by atoms with Crippen molar-refractivity contribution in [3.8, 4) is 5.75 Å². The molecule has 1 aliphatic rings. The molecule has 1 aliphatic heterocycles. The second kappa shape index (κ2) is 8.16. The summed E-state index contributed by atoms with van der Waals surface area (Å²) in [7, 11) is 0. The Labute approximate surface area is 167 Å². The average molecular weight is 399 g/mol. The first kappa shape index (κ1) is 19.3. The maximum Gasteiger partial charge on any atom is 0.222 e. The fraction of sp³-hybridized carbons (Fsp3) is 0.333. The minimum atomic E-state index is -0.857. The van der Waals surface area contributed by atoms with Gasteiger partial charge in [-0.05, 0) is 55.6 Å². The minimum Gasteiger partial charge on any atom is -0.489 e. The molecule has 0 radical (unpaired) electrons. The lowest BCUT2D eigenvalue weighted by Gasteiger charge is -2.31. The van der Waals surface area contributed by atoms with Gasteiger partial charge in [-0.3, -0.25) is 0 Å². The zero-order valence-electron chi connectivity index (χ0n) is 15.9. The Hall–Kier alpha value is -3.00. The molecule has 1 fully saturated rings. The van der Waals surface area contributed by atoms with Gasteiger partial charge in [-0.2, -0.15) is 4.98 Å². The van der Waals surface area contributed by atoms with Crippen LogP contribution in [0, 0.1) is 17.6 Å². The van der Waals surface area contributed by atoms with Crippen molar-refractivity contribution in [2.45, 2.75) is 25.4 Å². The standard InChI is InChI=1S/C21H23F2N5O/c22-14-4-1-3-13(19(14)23)11-17(12-7-9-26-10-8-12)29-16-6-2-5-15-18(16)20(24)28-21(25)27-15/h1-6,12,17,26H,7-11H2,(H4,24,25,27,28). The van der Waals surface area contributed by atoms with Crippen LogP contribution >= 0.6 is 0 Å². The van der Waals surface area contributed by atoms with Crippen molar-refractivity contribution in [3.63, 3.8) is 0 Å². The first-order valence-electron chi connectivity index (χ1n) is 9.65. The Morgan fingerprint density at radius 3 is 2.62 bits per heavy atom. The third-order valence-electron chi connectivity index (χ3n) is 5.37. The third kappa shape index (κ3) is 4.07. The monoisotopic (exact) mass is 399 g/mol. The van der Waals surface area contributed by atoms with Crippen LogP contribution in [0.25, 0.3) is 10.9 Å². The van der Waals surface area contributed by atoms with E-state index in [1.807, 2.05) is 0 Å². The lowest BCUT2D eigenvalue weighted by atomic mass is 9.88. The number of nitrogens with two attached hydrogens (primary N) is 2. The van der Waals surface area contributed by atoms with E-state index in [9.17, 15) is 8.78 Å². The molecule has 0 saturated carbocycles. The van der Waals surface area contributed by atoms with Gasteiger partial charge in [0.15, 0.2) is 11.6 Å². The number of nitrogen functional groups attached to an aromatic ring is 2. The maximum absolute atomic E-state index is 14.3. The molecule has 29 heavy (non-hydrogen) atoms. The highest BCUT2D eigenvalue weighted by atomic mass is 19.2. The first-order chi connectivity index (χ1) is 14.0. The predicted octanol–water partition coefficient (Wildman–Crippen LogP) is 3.06. The van der Waals surface area contributed by atoms with Crippen LogP contribution in [0.3, 0.4) is 0 Å². The number of aromatic nitrogens is 2. The normalized spacial score (nSPS) is 16.1. The Kier molecular flexibility index (Phi) is 5.44. The number of hydrogen-bond donors (Lipinski definition) is 3. The highest BCUT2D eigenvalue weighted by Gasteiger charge is 2.28. The van der Waals surface area contributed by atoms with E-state index in [1.165, 1.54) is 6.07 Å². The summed E-state index contributed by atoms with van der Waals surface area (Å²) in [5.41, 5.74) is 12.6. The van der Waals surface area contributed by atoms with Gasteiger partial charge in [0.25, 0.3) is 0 Å². The van der Waals surface area contributed by atoms with Crippen LogP contribution in [0.5, 0.6) is 5.75 Å². The van der Waals surface area contributed by atoms with Gasteiger partial charge in [0.2, 0.25) is 5.95 Å². The summed E-state index contributed by atoms with van der Waals surface area (Å²) in [5, 5.41) is 3.89. The molecule has 0 spiro atoms. The summed E-state index contributed by atoms with van der Waals surface area (Å²) in [4.78, 5) is 8.25. The van der Waals surface area contributed by atoms with Crippen LogP contribution in [0.1, 0.15) is 18.4 Å². The van der Waals surface area contributed by atoms with Crippen LogP contribution in [-0.4, -0.2) is 29.2 Å². The molecule has 1 saturated heterocycles. The summed E-state index contributed by atoms with van der Waals surface area (Å²) in [6, 6.07) is 9.59. The van der Waals surface area contributed by atoms with Gasteiger partial charge in [0.05, 0.1) is 10.9 Å². The molecule has 3 aromatic rings. The van der Waals surface area contributed by atoms with E-state index in [0.29, 0.717) is 22.2 Å². The topological polar surface area (TPSA) is 99.1 Å². The highest BCUT2D eigenvalue weighted by Crippen LogP contribution is 2.33. The molecular weight excluding hydrogens is 376 g/mol. The molecule has 5 N–H and O–H groups in total. The minimum absolute atomic E-state index is 0.0869. The second-order valence-corrected chi connectivity index (χ2v) is 7.28. The first-order valence-corrected chi connectivity index (χ1v) is 9.65. The molecule has 0 aliphatic carbocycles. The number of benzene rings is 2. The van der Waals surface area contributed by atoms with Crippen LogP contribution in [0.4, 0.5) is 20.5 Å². The predicted molar refractivity (Wildman–Crippen MR) is 108 cm³/mol. The van der Waals surface area contributed by atoms with E-state index >= 15 is 0 Å². The third-order valence-corrected chi connectivity index (χ3v) is 5.37. The van der Waals surface area contributed by atoms with E-state index in [2.05, 4.69) is 15.3 Å². The summed E-state index contributed by atoms with van der Waals surface area (Å²) in [5.74, 6) is -0.674. The van der Waals surface area contributed by atoms with Gasteiger partial charge in [-0.25, -0.2) is 13.8 Å². The summed E-state index contributed by atoms with van der Waals surface area (Å²) < 4.78 is 34.4. The number of nitrogens with one attached hydrogen (secondary N) is 1. The molecule has 0 amide bonds. The Balaban J connectivity index is 1.70. The van der Waals surface area contributed by atoms with Crippen molar-refractivity contribution in [2.75, 3.05) is 24.6 Å². The van der Waals surface area contributed by atoms with Crippen LogP contribution in [-0.2, 0) is 6.42 Å². The van der Waals surface area contributed by atoms with E-state index < -0.39 is 11.6 Å². The van der Waals surface area contributed by atoms with Crippen LogP contribution < -0.4 is 21.5 Å². The number of hydrogen-bond acceptors (Lipinski definition) is 6. The maximum atomic E-state index is 14.3. The number of piperidine rings is 1. The summed E-state index contributed by atoms with van der Waals surface area (Å²) in [6.45, 7) is 1.71. The average Bonchev–Trinajstić information content (AvgIpc) is 2.71. The molecule has 4 rings (SSSR count). The molecule has 0 bridgehead atoms. The number of fused-ring (bicyclic) bond motifs is 1.